The molecule has 0 saturated heterocycles. The fourth-order valence-corrected chi connectivity index (χ4v) is 4.04. The summed E-state index contributed by atoms with van der Waals surface area (Å²) in [6.07, 6.45) is 0.753. The summed E-state index contributed by atoms with van der Waals surface area (Å²) in [5.41, 5.74) is 2.73. The molecule has 6 heteroatoms. The van der Waals surface area contributed by atoms with Gasteiger partial charge in [-0.05, 0) is 54.2 Å². The Morgan fingerprint density at radius 3 is 1.67 bits per heavy atom. The first-order valence-corrected chi connectivity index (χ1v) is 11.7. The normalized spacial score (nSPS) is 11.1. The van der Waals surface area contributed by atoms with Crippen molar-refractivity contribution >= 4 is 0 Å². The van der Waals surface area contributed by atoms with Crippen LogP contribution < -0.4 is 4.74 Å². The second-order valence-electron chi connectivity index (χ2n) is 8.36. The average Bonchev–Trinajstić information content (AvgIpc) is 2.91. The average molecular weight is 495 g/mol. The molecular weight excluding hydrogens is 468 g/mol. The topological polar surface area (TPSA) is 18.5 Å². The Kier molecular flexibility index (Phi) is 8.06. The molecule has 186 valence electrons. The number of aryl methyl sites for hydroxylation is 2. The Balaban J connectivity index is 1.46. The predicted octanol–water partition coefficient (Wildman–Crippen LogP) is 7.91. The Morgan fingerprint density at radius 2 is 1.11 bits per heavy atom. The van der Waals surface area contributed by atoms with Crippen LogP contribution in [0.5, 0.6) is 5.75 Å². The van der Waals surface area contributed by atoms with Crippen molar-refractivity contribution in [1.29, 1.82) is 0 Å². The van der Waals surface area contributed by atoms with Gasteiger partial charge in [0.2, 0.25) is 0 Å². The molecular formula is C30H26F4O2. The second kappa shape index (κ2) is 11.4. The van der Waals surface area contributed by atoms with Gasteiger partial charge in [0.15, 0.2) is 23.3 Å². The van der Waals surface area contributed by atoms with E-state index in [2.05, 4.69) is 0 Å². The first-order chi connectivity index (χ1) is 17.4. The van der Waals surface area contributed by atoms with Crippen molar-refractivity contribution in [2.24, 2.45) is 0 Å². The van der Waals surface area contributed by atoms with Crippen molar-refractivity contribution in [2.75, 3.05) is 13.7 Å². The Hall–Kier alpha value is -3.64. The third-order valence-corrected chi connectivity index (χ3v) is 6.14. The van der Waals surface area contributed by atoms with Crippen molar-refractivity contribution in [3.8, 4) is 28.0 Å². The Morgan fingerprint density at radius 1 is 0.583 bits per heavy atom. The summed E-state index contributed by atoms with van der Waals surface area (Å²) >= 11 is 0. The van der Waals surface area contributed by atoms with E-state index in [1.165, 1.54) is 19.2 Å². The summed E-state index contributed by atoms with van der Waals surface area (Å²) in [7, 11) is 1.54. The summed E-state index contributed by atoms with van der Waals surface area (Å²) in [5.74, 6) is -2.97. The number of rotatable bonds is 9. The van der Waals surface area contributed by atoms with Crippen LogP contribution in [0.15, 0.2) is 72.8 Å². The maximum absolute atomic E-state index is 14.8. The molecule has 0 aromatic heterocycles. The molecule has 0 amide bonds. The monoisotopic (exact) mass is 494 g/mol. The van der Waals surface area contributed by atoms with E-state index in [1.54, 1.807) is 67.6 Å². The fraction of sp³-hybridized carbons (Fsp3) is 0.200. The molecule has 36 heavy (non-hydrogen) atoms. The number of hydrogen-bond donors (Lipinski definition) is 0. The zero-order valence-electron chi connectivity index (χ0n) is 20.1. The lowest BCUT2D eigenvalue weighted by atomic mass is 9.97. The van der Waals surface area contributed by atoms with E-state index in [-0.39, 0.29) is 28.9 Å². The van der Waals surface area contributed by atoms with E-state index in [0.29, 0.717) is 36.3 Å². The van der Waals surface area contributed by atoms with Gasteiger partial charge in [-0.25, -0.2) is 17.6 Å². The first kappa shape index (κ1) is 25.5. The van der Waals surface area contributed by atoms with Crippen LogP contribution in [0.2, 0.25) is 0 Å². The number of ether oxygens (including phenoxy) is 2. The van der Waals surface area contributed by atoms with Gasteiger partial charge in [-0.15, -0.1) is 0 Å². The highest BCUT2D eigenvalue weighted by Gasteiger charge is 2.16. The summed E-state index contributed by atoms with van der Waals surface area (Å²) in [6, 6.07) is 19.9. The van der Waals surface area contributed by atoms with Gasteiger partial charge >= 0.3 is 0 Å². The molecule has 0 spiro atoms. The smallest absolute Gasteiger partial charge is 0.167 e. The molecule has 0 radical (unpaired) electrons. The molecule has 0 aliphatic heterocycles. The fourth-order valence-electron chi connectivity index (χ4n) is 4.04. The maximum Gasteiger partial charge on any atom is 0.167 e. The molecule has 0 aliphatic rings. The van der Waals surface area contributed by atoms with Crippen LogP contribution in [-0.2, 0) is 24.2 Å². The Bertz CT molecular complexity index is 1330. The van der Waals surface area contributed by atoms with Crippen LogP contribution in [-0.4, -0.2) is 13.7 Å². The van der Waals surface area contributed by atoms with Crippen molar-refractivity contribution in [2.45, 2.75) is 26.4 Å². The minimum absolute atomic E-state index is 0.0106. The number of methoxy groups -OCH3 is 1. The van der Waals surface area contributed by atoms with Gasteiger partial charge in [0.05, 0.1) is 13.7 Å². The van der Waals surface area contributed by atoms with E-state index < -0.39 is 23.3 Å². The first-order valence-electron chi connectivity index (χ1n) is 11.7. The van der Waals surface area contributed by atoms with Gasteiger partial charge in [0.1, 0.15) is 5.75 Å². The third-order valence-electron chi connectivity index (χ3n) is 6.14. The van der Waals surface area contributed by atoms with E-state index in [4.69, 9.17) is 9.47 Å². The predicted molar refractivity (Wildman–Crippen MR) is 133 cm³/mol. The zero-order chi connectivity index (χ0) is 25.7. The van der Waals surface area contributed by atoms with E-state index >= 15 is 0 Å². The largest absolute Gasteiger partial charge is 0.497 e. The molecule has 0 N–H and O–H groups in total. The van der Waals surface area contributed by atoms with Crippen molar-refractivity contribution in [3.05, 3.63) is 113 Å². The van der Waals surface area contributed by atoms with Gasteiger partial charge in [0, 0.05) is 23.3 Å². The minimum atomic E-state index is -0.922. The molecule has 0 unspecified atom stereocenters. The van der Waals surface area contributed by atoms with Gasteiger partial charge in [-0.1, -0.05) is 60.7 Å². The maximum atomic E-state index is 14.8. The summed E-state index contributed by atoms with van der Waals surface area (Å²) in [4.78, 5) is 0. The van der Waals surface area contributed by atoms with Crippen LogP contribution in [0.25, 0.3) is 22.3 Å². The summed E-state index contributed by atoms with van der Waals surface area (Å²) < 4.78 is 68.8. The molecule has 0 bridgehead atoms. The Labute approximate surface area is 208 Å². The van der Waals surface area contributed by atoms with E-state index in [1.807, 2.05) is 0 Å². The highest BCUT2D eigenvalue weighted by molar-refractivity contribution is 5.66. The van der Waals surface area contributed by atoms with Crippen molar-refractivity contribution < 1.29 is 27.0 Å². The van der Waals surface area contributed by atoms with Crippen LogP contribution in [0.1, 0.15) is 23.6 Å². The van der Waals surface area contributed by atoms with E-state index in [9.17, 15) is 17.6 Å². The van der Waals surface area contributed by atoms with E-state index in [0.717, 1.165) is 5.56 Å². The van der Waals surface area contributed by atoms with Crippen LogP contribution >= 0.6 is 0 Å². The summed E-state index contributed by atoms with van der Waals surface area (Å²) in [6.45, 7) is 2.21. The number of benzene rings is 4. The van der Waals surface area contributed by atoms with Gasteiger partial charge < -0.3 is 9.47 Å². The molecule has 0 saturated carbocycles. The number of halogens is 4. The van der Waals surface area contributed by atoms with Gasteiger partial charge in [0.25, 0.3) is 0 Å². The standard InChI is InChI=1S/C30H26F4O2/c1-3-36-18-23-13-17-26(30(34)28(23)32)20-7-4-19(5-8-20)6-9-22-12-16-25(29(33)27(22)31)21-10-14-24(35-2)15-11-21/h4-5,7-8,10-17H,3,6,9,18H2,1-2H3. The number of hydrogen-bond acceptors (Lipinski definition) is 2. The molecule has 4 aromatic rings. The van der Waals surface area contributed by atoms with Crippen molar-refractivity contribution in [1.82, 2.24) is 0 Å². The molecule has 4 aromatic carbocycles. The molecule has 0 heterocycles. The summed E-state index contributed by atoms with van der Waals surface area (Å²) in [5, 5.41) is 0. The van der Waals surface area contributed by atoms with Crippen LogP contribution in [0.4, 0.5) is 17.6 Å². The second-order valence-corrected chi connectivity index (χ2v) is 8.36. The lowest BCUT2D eigenvalue weighted by Crippen LogP contribution is -2.01. The minimum Gasteiger partial charge on any atom is -0.497 e. The lowest BCUT2D eigenvalue weighted by Gasteiger charge is -2.11. The molecule has 2 nitrogen and oxygen atoms in total. The quantitative estimate of drug-likeness (QED) is 0.220. The van der Waals surface area contributed by atoms with Crippen molar-refractivity contribution in [3.63, 3.8) is 0 Å². The van der Waals surface area contributed by atoms with Crippen LogP contribution in [0, 0.1) is 23.3 Å². The lowest BCUT2D eigenvalue weighted by molar-refractivity contribution is 0.131. The SMILES string of the molecule is CCOCc1ccc(-c2ccc(CCc3ccc(-c4ccc(OC)cc4)c(F)c3F)cc2)c(F)c1F. The third kappa shape index (κ3) is 5.44. The molecule has 0 fully saturated rings. The molecule has 0 aliphatic carbocycles. The molecule has 0 atom stereocenters. The highest BCUT2D eigenvalue weighted by Crippen LogP contribution is 2.30. The van der Waals surface area contributed by atoms with Crippen LogP contribution in [0.3, 0.4) is 0 Å². The molecule has 4 rings (SSSR count). The van der Waals surface area contributed by atoms with Gasteiger partial charge in [-0.3, -0.25) is 0 Å². The highest BCUT2D eigenvalue weighted by atomic mass is 19.2. The zero-order valence-corrected chi connectivity index (χ0v) is 20.1. The van der Waals surface area contributed by atoms with Gasteiger partial charge in [-0.2, -0.15) is 0 Å².